The lowest BCUT2D eigenvalue weighted by Gasteiger charge is -2.15. The molecule has 0 aliphatic carbocycles. The summed E-state index contributed by atoms with van der Waals surface area (Å²) >= 11 is 3.42. The Bertz CT molecular complexity index is 524. The van der Waals surface area contributed by atoms with Crippen molar-refractivity contribution in [3.63, 3.8) is 0 Å². The molecule has 0 spiro atoms. The van der Waals surface area contributed by atoms with Crippen molar-refractivity contribution >= 4 is 51.8 Å². The normalized spacial score (nSPS) is 10.8. The van der Waals surface area contributed by atoms with Crippen molar-refractivity contribution in [2.24, 2.45) is 4.99 Å². The number of amides is 1. The minimum atomic E-state index is 0. The Morgan fingerprint density at radius 1 is 1.24 bits per heavy atom. The van der Waals surface area contributed by atoms with Crippen LogP contribution in [0.3, 0.4) is 0 Å². The standard InChI is InChI=1S/C17H27BrN4O2.HI/c1-4-24-11-5-10-19-17(21-13-16(23)22(2)3)20-12-14-6-8-15(18)9-7-14;/h6-9H,4-5,10-13H2,1-3H3,(H2,19,20,21);1H. The second kappa shape index (κ2) is 14.3. The molecule has 1 rings (SSSR count). The van der Waals surface area contributed by atoms with Gasteiger partial charge in [-0.1, -0.05) is 28.1 Å². The second-order valence-corrected chi connectivity index (χ2v) is 6.33. The maximum absolute atomic E-state index is 11.7. The topological polar surface area (TPSA) is 66.0 Å². The largest absolute Gasteiger partial charge is 0.382 e. The van der Waals surface area contributed by atoms with Crippen molar-refractivity contribution in [1.82, 2.24) is 15.5 Å². The molecule has 0 radical (unpaired) electrons. The molecule has 6 nitrogen and oxygen atoms in total. The summed E-state index contributed by atoms with van der Waals surface area (Å²) in [5.41, 5.74) is 1.10. The van der Waals surface area contributed by atoms with E-state index in [0.29, 0.717) is 19.1 Å². The molecule has 25 heavy (non-hydrogen) atoms. The fourth-order valence-corrected chi connectivity index (χ4v) is 2.04. The van der Waals surface area contributed by atoms with Gasteiger partial charge in [-0.3, -0.25) is 4.79 Å². The molecule has 0 fully saturated rings. The van der Waals surface area contributed by atoms with Gasteiger partial charge in [-0.15, -0.1) is 24.0 Å². The average Bonchev–Trinajstić information content (AvgIpc) is 2.57. The highest BCUT2D eigenvalue weighted by molar-refractivity contribution is 14.0. The van der Waals surface area contributed by atoms with E-state index in [9.17, 15) is 4.79 Å². The van der Waals surface area contributed by atoms with E-state index in [1.165, 1.54) is 0 Å². The van der Waals surface area contributed by atoms with Crippen LogP contribution in [0.15, 0.2) is 33.7 Å². The highest BCUT2D eigenvalue weighted by Crippen LogP contribution is 2.10. The summed E-state index contributed by atoms with van der Waals surface area (Å²) in [5, 5.41) is 6.30. The molecule has 0 aromatic heterocycles. The Morgan fingerprint density at radius 2 is 1.92 bits per heavy atom. The maximum Gasteiger partial charge on any atom is 0.241 e. The third kappa shape index (κ3) is 11.4. The van der Waals surface area contributed by atoms with Crippen LogP contribution in [0.2, 0.25) is 0 Å². The zero-order chi connectivity index (χ0) is 17.8. The van der Waals surface area contributed by atoms with Crippen LogP contribution in [0.1, 0.15) is 18.9 Å². The number of rotatable bonds is 9. The zero-order valence-electron chi connectivity index (χ0n) is 15.0. The highest BCUT2D eigenvalue weighted by Gasteiger charge is 2.05. The van der Waals surface area contributed by atoms with Gasteiger partial charge in [0.25, 0.3) is 0 Å². The van der Waals surface area contributed by atoms with Gasteiger partial charge < -0.3 is 20.3 Å². The number of aliphatic imine (C=N–C) groups is 1. The first-order chi connectivity index (χ1) is 11.5. The molecular formula is C17H28BrIN4O2. The molecule has 0 unspecified atom stereocenters. The van der Waals surface area contributed by atoms with E-state index in [-0.39, 0.29) is 36.4 Å². The minimum Gasteiger partial charge on any atom is -0.382 e. The smallest absolute Gasteiger partial charge is 0.241 e. The van der Waals surface area contributed by atoms with E-state index in [2.05, 4.69) is 31.6 Å². The molecule has 1 aromatic rings. The van der Waals surface area contributed by atoms with Crippen LogP contribution in [0.5, 0.6) is 0 Å². The molecule has 0 aliphatic rings. The summed E-state index contributed by atoms with van der Waals surface area (Å²) in [6.07, 6.45) is 0.883. The summed E-state index contributed by atoms with van der Waals surface area (Å²) in [4.78, 5) is 17.8. The Hall–Kier alpha value is -0.870. The number of nitrogens with one attached hydrogen (secondary N) is 2. The fraction of sp³-hybridized carbons (Fsp3) is 0.529. The van der Waals surface area contributed by atoms with Gasteiger partial charge in [0.15, 0.2) is 5.96 Å². The van der Waals surface area contributed by atoms with Gasteiger partial charge in [-0.2, -0.15) is 0 Å². The Kier molecular flexibility index (Phi) is 13.8. The van der Waals surface area contributed by atoms with E-state index < -0.39 is 0 Å². The highest BCUT2D eigenvalue weighted by atomic mass is 127. The molecule has 0 saturated heterocycles. The third-order valence-corrected chi connectivity index (χ3v) is 3.73. The molecule has 0 bridgehead atoms. The number of halogens is 2. The summed E-state index contributed by atoms with van der Waals surface area (Å²) in [6, 6.07) is 8.02. The number of hydrogen-bond acceptors (Lipinski definition) is 3. The van der Waals surface area contributed by atoms with Crippen LogP contribution in [0, 0.1) is 0 Å². The van der Waals surface area contributed by atoms with Crippen molar-refractivity contribution in [2.45, 2.75) is 19.9 Å². The predicted octanol–water partition coefficient (Wildman–Crippen LogP) is 2.62. The number of carbonyl (C=O) groups excluding carboxylic acids is 1. The molecule has 2 N–H and O–H groups in total. The Balaban J connectivity index is 0.00000576. The van der Waals surface area contributed by atoms with E-state index in [1.807, 2.05) is 31.2 Å². The van der Waals surface area contributed by atoms with Crippen molar-refractivity contribution in [1.29, 1.82) is 0 Å². The lowest BCUT2D eigenvalue weighted by Crippen LogP contribution is -2.43. The number of nitrogens with zero attached hydrogens (tertiary/aromatic N) is 2. The summed E-state index contributed by atoms with van der Waals surface area (Å²) in [5.74, 6) is 0.632. The monoisotopic (exact) mass is 526 g/mol. The lowest BCUT2D eigenvalue weighted by atomic mass is 10.2. The molecule has 0 heterocycles. The first kappa shape index (κ1) is 24.1. The van der Waals surface area contributed by atoms with Gasteiger partial charge >= 0.3 is 0 Å². The molecule has 1 aromatic carbocycles. The van der Waals surface area contributed by atoms with E-state index >= 15 is 0 Å². The van der Waals surface area contributed by atoms with Gasteiger partial charge in [-0.05, 0) is 31.0 Å². The van der Waals surface area contributed by atoms with Crippen LogP contribution >= 0.6 is 39.9 Å². The zero-order valence-corrected chi connectivity index (χ0v) is 19.0. The summed E-state index contributed by atoms with van der Waals surface area (Å²) < 4.78 is 6.36. The van der Waals surface area contributed by atoms with Crippen LogP contribution in [-0.2, 0) is 16.1 Å². The molecule has 0 atom stereocenters. The van der Waals surface area contributed by atoms with E-state index in [0.717, 1.165) is 29.6 Å². The SMILES string of the molecule is CCOCCCNC(=NCc1ccc(Br)cc1)NCC(=O)N(C)C.I. The van der Waals surface area contributed by atoms with Crippen LogP contribution in [0.25, 0.3) is 0 Å². The van der Waals surface area contributed by atoms with Gasteiger partial charge in [0, 0.05) is 38.3 Å². The molecule has 0 saturated carbocycles. The lowest BCUT2D eigenvalue weighted by molar-refractivity contribution is -0.127. The molecule has 0 aliphatic heterocycles. The predicted molar refractivity (Wildman–Crippen MR) is 117 cm³/mol. The fourth-order valence-electron chi connectivity index (χ4n) is 1.78. The Morgan fingerprint density at radius 3 is 2.52 bits per heavy atom. The second-order valence-electron chi connectivity index (χ2n) is 5.41. The number of ether oxygens (including phenoxy) is 1. The van der Waals surface area contributed by atoms with Gasteiger partial charge in [0.1, 0.15) is 0 Å². The van der Waals surface area contributed by atoms with Crippen molar-refractivity contribution < 1.29 is 9.53 Å². The number of carbonyl (C=O) groups is 1. The number of likely N-dealkylation sites (N-methyl/N-ethyl adjacent to an activating group) is 1. The summed E-state index contributed by atoms with van der Waals surface area (Å²) in [6.45, 7) is 4.91. The number of benzene rings is 1. The van der Waals surface area contributed by atoms with Crippen LogP contribution in [0.4, 0.5) is 0 Å². The first-order valence-electron chi connectivity index (χ1n) is 8.07. The number of guanidine groups is 1. The average molecular weight is 527 g/mol. The maximum atomic E-state index is 11.7. The number of hydrogen-bond donors (Lipinski definition) is 2. The summed E-state index contributed by atoms with van der Waals surface area (Å²) in [7, 11) is 3.47. The van der Waals surface area contributed by atoms with Gasteiger partial charge in [-0.25, -0.2) is 4.99 Å². The molecule has 8 heteroatoms. The van der Waals surface area contributed by atoms with Crippen LogP contribution in [-0.4, -0.2) is 57.2 Å². The van der Waals surface area contributed by atoms with Crippen molar-refractivity contribution in [2.75, 3.05) is 40.4 Å². The Labute approximate surface area is 175 Å². The van der Waals surface area contributed by atoms with Crippen molar-refractivity contribution in [3.05, 3.63) is 34.3 Å². The van der Waals surface area contributed by atoms with Gasteiger partial charge in [0.2, 0.25) is 5.91 Å². The van der Waals surface area contributed by atoms with Crippen molar-refractivity contribution in [3.8, 4) is 0 Å². The third-order valence-electron chi connectivity index (χ3n) is 3.20. The molecular weight excluding hydrogens is 499 g/mol. The molecule has 1 amide bonds. The molecule has 142 valence electrons. The quantitative estimate of drug-likeness (QED) is 0.225. The van der Waals surface area contributed by atoms with E-state index in [1.54, 1.807) is 19.0 Å². The van der Waals surface area contributed by atoms with E-state index in [4.69, 9.17) is 4.74 Å². The minimum absolute atomic E-state index is 0. The van der Waals surface area contributed by atoms with Gasteiger partial charge in [0.05, 0.1) is 13.1 Å². The van der Waals surface area contributed by atoms with Crippen LogP contribution < -0.4 is 10.6 Å². The first-order valence-corrected chi connectivity index (χ1v) is 8.86.